The number of aromatic amines is 1. The summed E-state index contributed by atoms with van der Waals surface area (Å²) >= 11 is 0. The summed E-state index contributed by atoms with van der Waals surface area (Å²) in [5.41, 5.74) is 7.57. The monoisotopic (exact) mass is 284 g/mol. The minimum Gasteiger partial charge on any atom is -0.408 e. The molecule has 0 aliphatic heterocycles. The zero-order valence-electron chi connectivity index (χ0n) is 10.9. The number of hydrogen-bond acceptors (Lipinski definition) is 5. The SMILES string of the molecule is CC(C)(C(N)c1ccc2[nH]c(=O)oc2c1)S(C)(=O)=O. The highest BCUT2D eigenvalue weighted by Crippen LogP contribution is 2.31. The minimum absolute atomic E-state index is 0.363. The molecule has 0 amide bonds. The number of nitrogens with one attached hydrogen (secondary N) is 1. The largest absolute Gasteiger partial charge is 0.417 e. The lowest BCUT2D eigenvalue weighted by atomic mass is 9.96. The molecule has 104 valence electrons. The second-order valence-electron chi connectivity index (χ2n) is 5.12. The molecule has 1 unspecified atom stereocenters. The van der Waals surface area contributed by atoms with Crippen LogP contribution >= 0.6 is 0 Å². The standard InChI is InChI=1S/C12H16N2O4S/c1-12(2,19(3,16)17)10(13)7-4-5-8-9(6-7)18-11(15)14-8/h4-6,10H,13H2,1-3H3,(H,14,15). The van der Waals surface area contributed by atoms with Crippen LogP contribution in [0.3, 0.4) is 0 Å². The van der Waals surface area contributed by atoms with Gasteiger partial charge < -0.3 is 10.2 Å². The van der Waals surface area contributed by atoms with E-state index in [2.05, 4.69) is 4.98 Å². The van der Waals surface area contributed by atoms with Crippen molar-refractivity contribution in [3.63, 3.8) is 0 Å². The topological polar surface area (TPSA) is 106 Å². The molecule has 0 radical (unpaired) electrons. The quantitative estimate of drug-likeness (QED) is 0.872. The van der Waals surface area contributed by atoms with Crippen LogP contribution in [0.4, 0.5) is 0 Å². The Hall–Kier alpha value is -1.60. The first-order valence-corrected chi connectivity index (χ1v) is 7.60. The van der Waals surface area contributed by atoms with E-state index in [1.54, 1.807) is 32.0 Å². The predicted octanol–water partition coefficient (Wildman–Crippen LogP) is 0.944. The third-order valence-electron chi connectivity index (χ3n) is 3.51. The number of benzene rings is 1. The number of rotatable bonds is 3. The van der Waals surface area contributed by atoms with E-state index in [9.17, 15) is 13.2 Å². The van der Waals surface area contributed by atoms with Crippen LogP contribution in [0.5, 0.6) is 0 Å². The third-order valence-corrected chi connectivity index (χ3v) is 5.67. The zero-order chi connectivity index (χ0) is 14.4. The van der Waals surface area contributed by atoms with Crippen LogP contribution in [0.1, 0.15) is 25.5 Å². The number of H-pyrrole nitrogens is 1. The van der Waals surface area contributed by atoms with E-state index in [0.29, 0.717) is 16.7 Å². The van der Waals surface area contributed by atoms with Crippen molar-refractivity contribution >= 4 is 20.9 Å². The molecule has 0 fully saturated rings. The van der Waals surface area contributed by atoms with Crippen LogP contribution in [0, 0.1) is 0 Å². The molecule has 0 aliphatic carbocycles. The number of oxazole rings is 1. The highest BCUT2D eigenvalue weighted by molar-refractivity contribution is 7.92. The molecule has 1 atom stereocenters. The molecular weight excluding hydrogens is 268 g/mol. The van der Waals surface area contributed by atoms with E-state index in [0.717, 1.165) is 6.26 Å². The van der Waals surface area contributed by atoms with Gasteiger partial charge in [-0.25, -0.2) is 13.2 Å². The average Bonchev–Trinajstić information content (AvgIpc) is 2.65. The van der Waals surface area contributed by atoms with Crippen molar-refractivity contribution in [3.8, 4) is 0 Å². The predicted molar refractivity (Wildman–Crippen MR) is 72.7 cm³/mol. The van der Waals surface area contributed by atoms with Gasteiger partial charge in [-0.1, -0.05) is 6.07 Å². The second-order valence-corrected chi connectivity index (χ2v) is 7.72. The van der Waals surface area contributed by atoms with E-state index in [1.165, 1.54) is 0 Å². The lowest BCUT2D eigenvalue weighted by molar-refractivity contribution is 0.495. The van der Waals surface area contributed by atoms with Gasteiger partial charge in [0, 0.05) is 12.3 Å². The third kappa shape index (κ3) is 2.31. The summed E-state index contributed by atoms with van der Waals surface area (Å²) in [6, 6.07) is 4.20. The number of aromatic nitrogens is 1. The molecule has 0 bridgehead atoms. The van der Waals surface area contributed by atoms with Gasteiger partial charge in [-0.05, 0) is 31.5 Å². The Balaban J connectivity index is 2.52. The van der Waals surface area contributed by atoms with Crippen LogP contribution in [0.15, 0.2) is 27.4 Å². The summed E-state index contributed by atoms with van der Waals surface area (Å²) in [6.07, 6.45) is 1.15. The Morgan fingerprint density at radius 1 is 1.37 bits per heavy atom. The molecule has 0 saturated heterocycles. The van der Waals surface area contributed by atoms with Crippen molar-refractivity contribution in [1.82, 2.24) is 4.98 Å². The van der Waals surface area contributed by atoms with Crippen molar-refractivity contribution < 1.29 is 12.8 Å². The zero-order valence-corrected chi connectivity index (χ0v) is 11.7. The molecule has 0 spiro atoms. The molecule has 2 aromatic rings. The smallest absolute Gasteiger partial charge is 0.408 e. The first-order chi connectivity index (χ1) is 8.63. The summed E-state index contributed by atoms with van der Waals surface area (Å²) in [7, 11) is -3.32. The minimum atomic E-state index is -3.32. The van der Waals surface area contributed by atoms with E-state index >= 15 is 0 Å². The molecule has 0 saturated carbocycles. The van der Waals surface area contributed by atoms with Crippen molar-refractivity contribution in [3.05, 3.63) is 34.3 Å². The highest BCUT2D eigenvalue weighted by Gasteiger charge is 2.37. The van der Waals surface area contributed by atoms with E-state index in [1.807, 2.05) is 0 Å². The maximum atomic E-state index is 11.8. The van der Waals surface area contributed by atoms with Gasteiger partial charge in [0.25, 0.3) is 0 Å². The number of hydrogen-bond donors (Lipinski definition) is 2. The summed E-state index contributed by atoms with van der Waals surface area (Å²) in [6.45, 7) is 3.15. The van der Waals surface area contributed by atoms with Crippen molar-refractivity contribution in [2.75, 3.05) is 6.26 Å². The fraction of sp³-hybridized carbons (Fsp3) is 0.417. The Labute approximate surface area is 110 Å². The molecule has 1 aromatic carbocycles. The lowest BCUT2D eigenvalue weighted by Gasteiger charge is -2.29. The van der Waals surface area contributed by atoms with E-state index in [-0.39, 0.29) is 0 Å². The normalized spacial score (nSPS) is 14.7. The first-order valence-electron chi connectivity index (χ1n) is 5.71. The first kappa shape index (κ1) is 13.8. The molecule has 3 N–H and O–H groups in total. The highest BCUT2D eigenvalue weighted by atomic mass is 32.2. The van der Waals surface area contributed by atoms with Gasteiger partial charge >= 0.3 is 5.76 Å². The molecule has 1 aromatic heterocycles. The maximum absolute atomic E-state index is 11.8. The van der Waals surface area contributed by atoms with Crippen LogP contribution in [0.25, 0.3) is 11.1 Å². The Kier molecular flexibility index (Phi) is 3.06. The second kappa shape index (κ2) is 4.21. The van der Waals surface area contributed by atoms with Gasteiger partial charge in [0.1, 0.15) is 0 Å². The summed E-state index contributed by atoms with van der Waals surface area (Å²) in [4.78, 5) is 13.6. The fourth-order valence-electron chi connectivity index (χ4n) is 1.79. The van der Waals surface area contributed by atoms with Crippen LogP contribution in [-0.4, -0.2) is 24.4 Å². The molecule has 19 heavy (non-hydrogen) atoms. The van der Waals surface area contributed by atoms with Crippen LogP contribution < -0.4 is 11.5 Å². The Morgan fingerprint density at radius 2 is 2.00 bits per heavy atom. The summed E-state index contributed by atoms with van der Waals surface area (Å²) < 4.78 is 27.4. The van der Waals surface area contributed by atoms with Gasteiger partial charge in [0.2, 0.25) is 0 Å². The van der Waals surface area contributed by atoms with Crippen LogP contribution in [0.2, 0.25) is 0 Å². The van der Waals surface area contributed by atoms with Crippen molar-refractivity contribution in [2.24, 2.45) is 5.73 Å². The van der Waals surface area contributed by atoms with Gasteiger partial charge in [-0.2, -0.15) is 0 Å². The lowest BCUT2D eigenvalue weighted by Crippen LogP contribution is -2.42. The molecule has 7 heteroatoms. The number of nitrogens with two attached hydrogens (primary N) is 1. The number of sulfone groups is 1. The van der Waals surface area contributed by atoms with Gasteiger partial charge in [0.05, 0.1) is 10.3 Å². The summed E-state index contributed by atoms with van der Waals surface area (Å²) in [5, 5.41) is 0. The molecule has 0 aliphatic rings. The average molecular weight is 284 g/mol. The van der Waals surface area contributed by atoms with E-state index in [4.69, 9.17) is 10.2 Å². The molecule has 6 nitrogen and oxygen atoms in total. The molecular formula is C12H16N2O4S. The van der Waals surface area contributed by atoms with Crippen molar-refractivity contribution in [1.29, 1.82) is 0 Å². The van der Waals surface area contributed by atoms with Gasteiger partial charge in [-0.3, -0.25) is 4.98 Å². The van der Waals surface area contributed by atoms with Crippen LogP contribution in [-0.2, 0) is 9.84 Å². The van der Waals surface area contributed by atoms with E-state index < -0.39 is 26.4 Å². The maximum Gasteiger partial charge on any atom is 0.417 e. The Bertz CT molecular complexity index is 770. The number of fused-ring (bicyclic) bond motifs is 1. The fourth-order valence-corrected chi connectivity index (χ4v) is 2.38. The van der Waals surface area contributed by atoms with Crippen molar-refractivity contribution in [2.45, 2.75) is 24.6 Å². The summed E-state index contributed by atoms with van der Waals surface area (Å²) in [5.74, 6) is -0.553. The molecule has 2 rings (SSSR count). The van der Waals surface area contributed by atoms with Gasteiger partial charge in [-0.15, -0.1) is 0 Å². The molecule has 1 heterocycles. The Morgan fingerprint density at radius 3 is 2.58 bits per heavy atom. The van der Waals surface area contributed by atoms with Gasteiger partial charge in [0.15, 0.2) is 15.4 Å².